The maximum atomic E-state index is 8.82. The van der Waals surface area contributed by atoms with Gasteiger partial charge in [-0.15, -0.1) is 0 Å². The molecule has 0 aromatic rings. The third kappa shape index (κ3) is 677. The Balaban J connectivity index is -0.0000000457. The molecular weight excluding hydrogens is 478 g/mol. The van der Waals surface area contributed by atoms with E-state index >= 15 is 0 Å². The quantitative estimate of drug-likeness (QED) is 0.211. The fourth-order valence-corrected chi connectivity index (χ4v) is 0. The average Bonchev–Trinajstić information content (AvgIpc) is 1.12. The van der Waals surface area contributed by atoms with Gasteiger partial charge in [0.25, 0.3) is 0 Å². The summed E-state index contributed by atoms with van der Waals surface area (Å²) in [5.41, 5.74) is 0. The molecule has 0 amide bonds. The fraction of sp³-hybridized carbons (Fsp3) is 0. The summed E-state index contributed by atoms with van der Waals surface area (Å²) in [5.74, 6) is 0. The van der Waals surface area contributed by atoms with Gasteiger partial charge in [0.1, 0.15) is 0 Å². The van der Waals surface area contributed by atoms with E-state index < -0.39 is 24.0 Å². The first-order chi connectivity index (χ1) is 4.00. The second-order valence-electron chi connectivity index (χ2n) is 0.896. The van der Waals surface area contributed by atoms with E-state index in [2.05, 4.69) is 0 Å². The van der Waals surface area contributed by atoms with Gasteiger partial charge in [0.15, 0.2) is 0 Å². The second-order valence-corrected chi connectivity index (χ2v) is 3.19. The van der Waals surface area contributed by atoms with E-state index in [-0.39, 0.29) is 43.8 Å². The van der Waals surface area contributed by atoms with Crippen LogP contribution in [0.4, 0.5) is 0 Å². The van der Waals surface area contributed by atoms with Crippen LogP contribution in [0.2, 0.25) is 0 Å². The molecule has 0 saturated carbocycles. The molecule has 0 spiro atoms. The van der Waals surface area contributed by atoms with Crippen molar-refractivity contribution in [2.75, 3.05) is 0 Å². The van der Waals surface area contributed by atoms with E-state index in [0.717, 1.165) is 0 Å². The number of hydrogen-bond acceptors (Lipinski definition) is 4. The maximum absolute atomic E-state index is 8.82. The zero-order valence-corrected chi connectivity index (χ0v) is 13.8. The van der Waals surface area contributed by atoms with Crippen molar-refractivity contribution in [3.05, 3.63) is 0 Å². The summed E-state index contributed by atoms with van der Waals surface area (Å²) < 4.78 is 63.5. The summed E-state index contributed by atoms with van der Waals surface area (Å²) in [6.45, 7) is 0. The van der Waals surface area contributed by atoms with Gasteiger partial charge in [-0.2, -0.15) is 8.42 Å². The Kier molecular flexibility index (Phi) is 17.3. The average molecular weight is 484 g/mol. The van der Waals surface area contributed by atoms with E-state index in [1.807, 2.05) is 0 Å². The SMILES string of the molecule is O=S(=O)(O)O.[Ni].[O]=[Cr](=[O])([OH])[OH].[PbH2]. The Labute approximate surface area is 100 Å². The molecule has 12 heavy (non-hydrogen) atoms. The first-order valence-electron chi connectivity index (χ1n) is 1.40. The molecule has 0 bridgehead atoms. The van der Waals surface area contributed by atoms with Gasteiger partial charge < -0.3 is 0 Å². The third-order valence-corrected chi connectivity index (χ3v) is 0. The first kappa shape index (κ1) is 23.3. The Morgan fingerprint density at radius 1 is 1.00 bits per heavy atom. The number of hydrogen-bond donors (Lipinski definition) is 4. The van der Waals surface area contributed by atoms with Crippen LogP contribution < -0.4 is 0 Å². The summed E-state index contributed by atoms with van der Waals surface area (Å²) in [4.78, 5) is 0. The van der Waals surface area contributed by atoms with Crippen LogP contribution in [0.5, 0.6) is 0 Å². The summed E-state index contributed by atoms with van der Waals surface area (Å²) in [7, 11) is -4.67. The third-order valence-electron chi connectivity index (χ3n) is 0. The van der Waals surface area contributed by atoms with Crippen LogP contribution in [0.15, 0.2) is 0 Å². The van der Waals surface area contributed by atoms with Gasteiger partial charge in [-0.25, -0.2) is 0 Å². The molecule has 0 unspecified atom stereocenters. The van der Waals surface area contributed by atoms with Gasteiger partial charge in [-0.3, -0.25) is 9.11 Å². The molecule has 80 valence electrons. The Morgan fingerprint density at radius 3 is 1.00 bits per heavy atom. The van der Waals surface area contributed by atoms with E-state index in [0.29, 0.717) is 0 Å². The summed E-state index contributed by atoms with van der Waals surface area (Å²) in [6, 6.07) is 0. The summed E-state index contributed by atoms with van der Waals surface area (Å²) in [5, 5.41) is 0. The zero-order valence-electron chi connectivity index (χ0n) is 5.26. The van der Waals surface area contributed by atoms with Crippen LogP contribution in [-0.2, 0) is 48.1 Å². The standard InChI is InChI=1S/Cr.Ni.H2O4S.2H2O.2O.Pb.2H/c;;1-5(2,3)4;;;;;;;/h;;(H2,1,2,3,4);2*1H2;;;;;/q+2;;;;;;;;;/p-2. The van der Waals surface area contributed by atoms with Gasteiger partial charge in [-0.1, -0.05) is 0 Å². The van der Waals surface area contributed by atoms with Crippen molar-refractivity contribution in [1.29, 1.82) is 0 Å². The topological polar surface area (TPSA) is 149 Å². The fourth-order valence-electron chi connectivity index (χ4n) is 0. The van der Waals surface area contributed by atoms with Crippen molar-refractivity contribution >= 4 is 37.7 Å². The van der Waals surface area contributed by atoms with Gasteiger partial charge >= 0.3 is 67.2 Å². The van der Waals surface area contributed by atoms with Crippen LogP contribution in [0.3, 0.4) is 0 Å². The van der Waals surface area contributed by atoms with Gasteiger partial charge in [-0.05, 0) is 0 Å². The monoisotopic (exact) mass is 484 g/mol. The molecule has 0 aromatic heterocycles. The molecule has 12 heteroatoms. The Hall–Kier alpha value is 1.34. The number of rotatable bonds is 0. The van der Waals surface area contributed by atoms with E-state index in [9.17, 15) is 0 Å². The molecule has 4 N–H and O–H groups in total. The van der Waals surface area contributed by atoms with E-state index in [4.69, 9.17) is 33.4 Å². The molecule has 8 nitrogen and oxygen atoms in total. The van der Waals surface area contributed by atoms with Gasteiger partial charge in [0.05, 0.1) is 0 Å². The van der Waals surface area contributed by atoms with Crippen LogP contribution in [0.1, 0.15) is 0 Å². The molecule has 0 saturated heterocycles. The summed E-state index contributed by atoms with van der Waals surface area (Å²) >= 11 is -5.25. The van der Waals surface area contributed by atoms with Gasteiger partial charge in [0, 0.05) is 16.5 Å². The molecule has 0 atom stereocenters. The molecule has 0 heterocycles. The predicted octanol–water partition coefficient (Wildman–Crippen LogP) is -2.93. The predicted molar refractivity (Wildman–Crippen MR) is 28.5 cm³/mol. The molecule has 2 radical (unpaired) electrons. The van der Waals surface area contributed by atoms with Crippen LogP contribution >= 0.6 is 0 Å². The minimum absolute atomic E-state index is 0. The Bertz CT molecular complexity index is 215. The first-order valence-corrected chi connectivity index (χ1v) is 4.98. The van der Waals surface area contributed by atoms with Crippen LogP contribution in [0, 0.1) is 0 Å². The van der Waals surface area contributed by atoms with Crippen molar-refractivity contribution in [3.63, 3.8) is 0 Å². The minimum atomic E-state index is -5.25. The van der Waals surface area contributed by atoms with Crippen molar-refractivity contribution in [1.82, 2.24) is 0 Å². The van der Waals surface area contributed by atoms with Gasteiger partial charge in [0.2, 0.25) is 0 Å². The van der Waals surface area contributed by atoms with Crippen LogP contribution in [-0.4, -0.2) is 53.1 Å². The van der Waals surface area contributed by atoms with Crippen molar-refractivity contribution in [2.45, 2.75) is 0 Å². The molecule has 0 aromatic carbocycles. The zero-order chi connectivity index (χ0) is 9.00. The molecule has 0 aliphatic carbocycles. The van der Waals surface area contributed by atoms with Crippen molar-refractivity contribution in [3.8, 4) is 0 Å². The van der Waals surface area contributed by atoms with Crippen molar-refractivity contribution < 1.29 is 63.6 Å². The van der Waals surface area contributed by atoms with Crippen molar-refractivity contribution in [2.24, 2.45) is 0 Å². The van der Waals surface area contributed by atoms with Crippen LogP contribution in [0.25, 0.3) is 0 Å². The normalized spacial score (nSPS) is 9.67. The molecular formula is H6CrNiO8PbS. The molecule has 0 fully saturated rings. The molecule has 0 rings (SSSR count). The van der Waals surface area contributed by atoms with E-state index in [1.165, 1.54) is 0 Å². The summed E-state index contributed by atoms with van der Waals surface area (Å²) in [6.07, 6.45) is 0. The second kappa shape index (κ2) is 8.92. The molecule has 0 aliphatic heterocycles. The van der Waals surface area contributed by atoms with E-state index in [1.54, 1.807) is 0 Å². The molecule has 0 aliphatic rings. The Morgan fingerprint density at radius 2 is 1.00 bits per heavy atom.